The first-order valence-electron chi connectivity index (χ1n) is 9.65. The smallest absolute Gasteiger partial charge is 0.226 e. The number of hydrogen-bond acceptors (Lipinski definition) is 2. The van der Waals surface area contributed by atoms with Crippen LogP contribution in [-0.4, -0.2) is 23.3 Å². The van der Waals surface area contributed by atoms with Gasteiger partial charge < -0.3 is 10.2 Å². The molecule has 3 rings (SSSR count). The molecule has 1 aliphatic heterocycles. The van der Waals surface area contributed by atoms with E-state index in [2.05, 4.69) is 11.4 Å². The maximum Gasteiger partial charge on any atom is 0.226 e. The fourth-order valence-electron chi connectivity index (χ4n) is 3.87. The molecule has 1 fully saturated rings. The molecule has 1 atom stereocenters. The van der Waals surface area contributed by atoms with E-state index in [1.54, 1.807) is 0 Å². The summed E-state index contributed by atoms with van der Waals surface area (Å²) in [6, 6.07) is 7.43. The van der Waals surface area contributed by atoms with Crippen molar-refractivity contribution in [1.82, 2.24) is 10.2 Å². The van der Waals surface area contributed by atoms with Gasteiger partial charge in [0.2, 0.25) is 11.8 Å². The van der Waals surface area contributed by atoms with E-state index in [1.807, 2.05) is 29.2 Å². The Morgan fingerprint density at radius 3 is 2.69 bits per heavy atom. The summed E-state index contributed by atoms with van der Waals surface area (Å²) in [5.74, 6) is 0.735. The second kappa shape index (κ2) is 9.22. The zero-order valence-corrected chi connectivity index (χ0v) is 15.9. The van der Waals surface area contributed by atoms with Crippen molar-refractivity contribution in [2.45, 2.75) is 57.9 Å². The molecule has 2 amide bonds. The Labute approximate surface area is 160 Å². The van der Waals surface area contributed by atoms with Gasteiger partial charge in [0.25, 0.3) is 0 Å². The van der Waals surface area contributed by atoms with E-state index < -0.39 is 0 Å². The van der Waals surface area contributed by atoms with Crippen LogP contribution in [0.1, 0.15) is 56.9 Å². The van der Waals surface area contributed by atoms with Crippen LogP contribution in [0, 0.1) is 5.92 Å². The minimum atomic E-state index is -0.0128. The number of amides is 2. The molecule has 0 saturated carbocycles. The number of carbonyl (C=O) groups is 2. The van der Waals surface area contributed by atoms with E-state index in [4.69, 9.17) is 11.6 Å². The van der Waals surface area contributed by atoms with E-state index in [1.165, 1.54) is 25.0 Å². The van der Waals surface area contributed by atoms with Crippen molar-refractivity contribution in [1.29, 1.82) is 0 Å². The van der Waals surface area contributed by atoms with Gasteiger partial charge in [0.1, 0.15) is 0 Å². The Kier molecular flexibility index (Phi) is 6.73. The first kappa shape index (κ1) is 19.0. The highest BCUT2D eigenvalue weighted by atomic mass is 35.5. The molecule has 1 aliphatic carbocycles. The summed E-state index contributed by atoms with van der Waals surface area (Å²) in [6.45, 7) is 1.33. The summed E-state index contributed by atoms with van der Waals surface area (Å²) in [7, 11) is 0. The number of nitrogens with zero attached hydrogens (tertiary/aromatic N) is 1. The average molecular weight is 375 g/mol. The van der Waals surface area contributed by atoms with Crippen LogP contribution < -0.4 is 5.32 Å². The van der Waals surface area contributed by atoms with Crippen LogP contribution in [0.4, 0.5) is 0 Å². The molecule has 1 aromatic rings. The van der Waals surface area contributed by atoms with E-state index >= 15 is 0 Å². The van der Waals surface area contributed by atoms with Crippen LogP contribution in [0.15, 0.2) is 36.0 Å². The summed E-state index contributed by atoms with van der Waals surface area (Å²) in [4.78, 5) is 26.6. The quantitative estimate of drug-likeness (QED) is 0.800. The summed E-state index contributed by atoms with van der Waals surface area (Å²) in [6.07, 6.45) is 9.52. The maximum atomic E-state index is 12.6. The van der Waals surface area contributed by atoms with Crippen molar-refractivity contribution in [2.75, 3.05) is 6.54 Å². The van der Waals surface area contributed by atoms with Gasteiger partial charge in [-0.05, 0) is 62.1 Å². The fourth-order valence-corrected chi connectivity index (χ4v) is 4.00. The van der Waals surface area contributed by atoms with Crippen LogP contribution in [-0.2, 0) is 16.1 Å². The Hall–Kier alpha value is -1.81. The summed E-state index contributed by atoms with van der Waals surface area (Å²) >= 11 is 5.85. The van der Waals surface area contributed by atoms with Crippen LogP contribution in [0.25, 0.3) is 0 Å². The second-order valence-corrected chi connectivity index (χ2v) is 7.64. The molecule has 0 radical (unpaired) electrons. The predicted octanol–water partition coefficient (Wildman–Crippen LogP) is 4.43. The standard InChI is InChI=1S/C21H27ClN2O2/c22-18-12-10-16(11-13-18)15-23-20(25)8-3-9-21(26)24-14-4-6-17-5-1-2-7-19(17)24/h7,10-13,17H,1-6,8-9,14-15H2,(H,23,25). The Balaban J connectivity index is 1.39. The van der Waals surface area contributed by atoms with Gasteiger partial charge in [-0.25, -0.2) is 0 Å². The fraction of sp³-hybridized carbons (Fsp3) is 0.524. The summed E-state index contributed by atoms with van der Waals surface area (Å²) in [5, 5.41) is 3.59. The van der Waals surface area contributed by atoms with Gasteiger partial charge in [0.05, 0.1) is 0 Å². The second-order valence-electron chi connectivity index (χ2n) is 7.20. The Morgan fingerprint density at radius 2 is 1.88 bits per heavy atom. The Bertz CT molecular complexity index is 669. The van der Waals surface area contributed by atoms with Gasteiger partial charge in [0, 0.05) is 36.7 Å². The number of nitrogens with one attached hydrogen (secondary N) is 1. The van der Waals surface area contributed by atoms with E-state index in [9.17, 15) is 9.59 Å². The monoisotopic (exact) mass is 374 g/mol. The molecule has 5 heteroatoms. The van der Waals surface area contributed by atoms with Crippen molar-refractivity contribution in [2.24, 2.45) is 5.92 Å². The molecule has 0 spiro atoms. The van der Waals surface area contributed by atoms with Gasteiger partial charge in [-0.3, -0.25) is 9.59 Å². The normalized spacial score (nSPS) is 19.5. The zero-order chi connectivity index (χ0) is 18.4. The van der Waals surface area contributed by atoms with Crippen molar-refractivity contribution in [3.8, 4) is 0 Å². The third kappa shape index (κ3) is 5.10. The third-order valence-corrected chi connectivity index (χ3v) is 5.52. The lowest BCUT2D eigenvalue weighted by Crippen LogP contribution is -2.39. The molecule has 1 N–H and O–H groups in total. The predicted molar refractivity (Wildman–Crippen MR) is 104 cm³/mol. The molecule has 0 aromatic heterocycles. The van der Waals surface area contributed by atoms with Gasteiger partial charge in [-0.1, -0.05) is 29.8 Å². The zero-order valence-electron chi connectivity index (χ0n) is 15.2. The average Bonchev–Trinajstić information content (AvgIpc) is 2.67. The van der Waals surface area contributed by atoms with Gasteiger partial charge in [0.15, 0.2) is 0 Å². The van der Waals surface area contributed by atoms with Crippen LogP contribution in [0.3, 0.4) is 0 Å². The van der Waals surface area contributed by atoms with E-state index in [0.29, 0.717) is 36.7 Å². The molecule has 0 bridgehead atoms. The first-order valence-corrected chi connectivity index (χ1v) is 10.0. The summed E-state index contributed by atoms with van der Waals surface area (Å²) in [5.41, 5.74) is 2.27. The number of halogens is 1. The lowest BCUT2D eigenvalue weighted by atomic mass is 9.85. The third-order valence-electron chi connectivity index (χ3n) is 5.27. The molecule has 140 valence electrons. The molecule has 1 saturated heterocycles. The number of piperidine rings is 1. The molecule has 1 aromatic carbocycles. The van der Waals surface area contributed by atoms with Crippen molar-refractivity contribution >= 4 is 23.4 Å². The van der Waals surface area contributed by atoms with Gasteiger partial charge in [-0.15, -0.1) is 0 Å². The molecule has 26 heavy (non-hydrogen) atoms. The minimum Gasteiger partial charge on any atom is -0.352 e. The highest BCUT2D eigenvalue weighted by Crippen LogP contribution is 2.35. The lowest BCUT2D eigenvalue weighted by molar-refractivity contribution is -0.130. The van der Waals surface area contributed by atoms with Crippen molar-refractivity contribution < 1.29 is 9.59 Å². The topological polar surface area (TPSA) is 49.4 Å². The number of fused-ring (bicyclic) bond motifs is 1. The van der Waals surface area contributed by atoms with Crippen LogP contribution in [0.2, 0.25) is 5.02 Å². The lowest BCUT2D eigenvalue weighted by Gasteiger charge is -2.38. The molecular formula is C21H27ClN2O2. The highest BCUT2D eigenvalue weighted by molar-refractivity contribution is 6.30. The number of benzene rings is 1. The number of allylic oxidation sites excluding steroid dienone is 2. The van der Waals surface area contributed by atoms with Crippen LogP contribution >= 0.6 is 11.6 Å². The largest absolute Gasteiger partial charge is 0.352 e. The minimum absolute atomic E-state index is 0.0128. The van der Waals surface area contributed by atoms with Crippen molar-refractivity contribution in [3.63, 3.8) is 0 Å². The van der Waals surface area contributed by atoms with Gasteiger partial charge >= 0.3 is 0 Å². The number of hydrogen-bond donors (Lipinski definition) is 1. The highest BCUT2D eigenvalue weighted by Gasteiger charge is 2.29. The molecule has 1 heterocycles. The van der Waals surface area contributed by atoms with E-state index in [0.717, 1.165) is 24.9 Å². The molecule has 1 unspecified atom stereocenters. The maximum absolute atomic E-state index is 12.6. The Morgan fingerprint density at radius 1 is 1.12 bits per heavy atom. The van der Waals surface area contributed by atoms with Gasteiger partial charge in [-0.2, -0.15) is 0 Å². The number of rotatable bonds is 6. The van der Waals surface area contributed by atoms with E-state index in [-0.39, 0.29) is 11.8 Å². The van der Waals surface area contributed by atoms with Crippen LogP contribution in [0.5, 0.6) is 0 Å². The first-order chi connectivity index (χ1) is 12.6. The summed E-state index contributed by atoms with van der Waals surface area (Å²) < 4.78 is 0. The number of carbonyl (C=O) groups excluding carboxylic acids is 2. The molecule has 4 nitrogen and oxygen atoms in total. The molecular weight excluding hydrogens is 348 g/mol. The number of likely N-dealkylation sites (tertiary alicyclic amines) is 1. The van der Waals surface area contributed by atoms with Crippen molar-refractivity contribution in [3.05, 3.63) is 46.6 Å². The molecule has 2 aliphatic rings. The SMILES string of the molecule is O=C(CCCC(=O)N1CCCC2CCCC=C21)NCc1ccc(Cl)cc1.